The average Bonchev–Trinajstić information content (AvgIpc) is 3.19. The van der Waals surface area contributed by atoms with Crippen molar-refractivity contribution in [1.29, 1.82) is 0 Å². The fourth-order valence-electron chi connectivity index (χ4n) is 2.32. The fourth-order valence-corrected chi connectivity index (χ4v) is 2.32. The van der Waals surface area contributed by atoms with Crippen LogP contribution in [0.1, 0.15) is 23.0 Å². The number of hydrogen-bond donors (Lipinski definition) is 1. The molecular weight excluding hydrogens is 292 g/mol. The first-order valence-electron chi connectivity index (χ1n) is 7.37. The first-order valence-corrected chi connectivity index (χ1v) is 7.37. The highest BCUT2D eigenvalue weighted by atomic mass is 16.1. The van der Waals surface area contributed by atoms with E-state index in [1.165, 1.54) is 0 Å². The zero-order valence-electron chi connectivity index (χ0n) is 13.0. The Kier molecular flexibility index (Phi) is 4.18. The molecule has 0 aromatic carbocycles. The minimum absolute atomic E-state index is 0.0386. The molecule has 0 aliphatic carbocycles. The Labute approximate surface area is 134 Å². The first kappa shape index (κ1) is 15.0. The second kappa shape index (κ2) is 6.43. The van der Waals surface area contributed by atoms with Gasteiger partial charge in [0.25, 0.3) is 5.91 Å². The lowest BCUT2D eigenvalue weighted by Crippen LogP contribution is -2.34. The Morgan fingerprint density at radius 3 is 2.70 bits per heavy atom. The molecule has 0 aliphatic rings. The van der Waals surface area contributed by atoms with E-state index in [9.17, 15) is 4.79 Å². The number of carbonyl (C=O) groups excluding carboxylic acids is 1. The molecule has 23 heavy (non-hydrogen) atoms. The van der Waals surface area contributed by atoms with Gasteiger partial charge in [-0.05, 0) is 31.2 Å². The molecule has 7 heteroatoms. The van der Waals surface area contributed by atoms with Crippen LogP contribution in [-0.2, 0) is 13.5 Å². The standard InChI is InChI=1S/C16H18N6O/c1-12(9-14-11-21(2)20-19-14)18-16(23)13-5-6-15(17-10-13)22-7-3-4-8-22/h3-8,10-12H,9H2,1-2H3,(H,18,23)/t12-/m1/s1. The van der Waals surface area contributed by atoms with Crippen LogP contribution in [0.3, 0.4) is 0 Å². The summed E-state index contributed by atoms with van der Waals surface area (Å²) in [6, 6.07) is 7.41. The maximum atomic E-state index is 12.2. The van der Waals surface area contributed by atoms with Gasteiger partial charge in [0.05, 0.1) is 11.3 Å². The molecule has 0 saturated carbocycles. The van der Waals surface area contributed by atoms with Gasteiger partial charge >= 0.3 is 0 Å². The van der Waals surface area contributed by atoms with Crippen molar-refractivity contribution in [2.24, 2.45) is 7.05 Å². The van der Waals surface area contributed by atoms with Gasteiger partial charge in [-0.25, -0.2) is 4.98 Å². The molecule has 0 spiro atoms. The lowest BCUT2D eigenvalue weighted by molar-refractivity contribution is 0.0939. The Morgan fingerprint density at radius 1 is 1.30 bits per heavy atom. The highest BCUT2D eigenvalue weighted by Crippen LogP contribution is 2.07. The minimum atomic E-state index is -0.145. The van der Waals surface area contributed by atoms with Crippen molar-refractivity contribution in [3.63, 3.8) is 0 Å². The molecule has 1 amide bonds. The van der Waals surface area contributed by atoms with Crippen molar-refractivity contribution in [2.45, 2.75) is 19.4 Å². The maximum absolute atomic E-state index is 12.2. The Balaban J connectivity index is 1.61. The number of aryl methyl sites for hydroxylation is 1. The summed E-state index contributed by atoms with van der Waals surface area (Å²) >= 11 is 0. The number of nitrogens with zero attached hydrogens (tertiary/aromatic N) is 5. The molecule has 3 aromatic heterocycles. The molecule has 1 atom stereocenters. The predicted molar refractivity (Wildman–Crippen MR) is 85.2 cm³/mol. The molecule has 0 radical (unpaired) electrons. The van der Waals surface area contributed by atoms with Gasteiger partial charge in [0, 0.05) is 44.3 Å². The SMILES string of the molecule is C[C@H](Cc1cn(C)nn1)NC(=O)c1ccc(-n2cccc2)nc1. The van der Waals surface area contributed by atoms with Gasteiger partial charge < -0.3 is 9.88 Å². The molecule has 0 bridgehead atoms. The second-order valence-corrected chi connectivity index (χ2v) is 5.46. The van der Waals surface area contributed by atoms with Gasteiger partial charge in [-0.1, -0.05) is 5.21 Å². The number of pyridine rings is 1. The zero-order valence-corrected chi connectivity index (χ0v) is 13.0. The van der Waals surface area contributed by atoms with Crippen molar-refractivity contribution < 1.29 is 4.79 Å². The zero-order chi connectivity index (χ0) is 16.2. The molecule has 3 rings (SSSR count). The fraction of sp³-hybridized carbons (Fsp3) is 0.250. The van der Waals surface area contributed by atoms with Gasteiger partial charge in [-0.2, -0.15) is 0 Å². The van der Waals surface area contributed by atoms with Crippen molar-refractivity contribution >= 4 is 5.91 Å². The summed E-state index contributed by atoms with van der Waals surface area (Å²) in [5, 5.41) is 10.9. The Morgan fingerprint density at radius 2 is 2.09 bits per heavy atom. The Hall–Kier alpha value is -2.96. The summed E-state index contributed by atoms with van der Waals surface area (Å²) < 4.78 is 3.53. The van der Waals surface area contributed by atoms with Gasteiger partial charge in [-0.3, -0.25) is 9.48 Å². The van der Waals surface area contributed by atoms with Crippen LogP contribution in [0, 0.1) is 0 Å². The van der Waals surface area contributed by atoms with Crippen molar-refractivity contribution in [1.82, 2.24) is 29.9 Å². The van der Waals surface area contributed by atoms with E-state index in [4.69, 9.17) is 0 Å². The van der Waals surface area contributed by atoms with E-state index in [1.807, 2.05) is 55.3 Å². The minimum Gasteiger partial charge on any atom is -0.349 e. The smallest absolute Gasteiger partial charge is 0.253 e. The molecule has 118 valence electrons. The van der Waals surface area contributed by atoms with Crippen LogP contribution < -0.4 is 5.32 Å². The number of carbonyl (C=O) groups is 1. The highest BCUT2D eigenvalue weighted by molar-refractivity contribution is 5.94. The molecule has 3 heterocycles. The second-order valence-electron chi connectivity index (χ2n) is 5.46. The number of aromatic nitrogens is 5. The average molecular weight is 310 g/mol. The summed E-state index contributed by atoms with van der Waals surface area (Å²) in [7, 11) is 1.82. The largest absolute Gasteiger partial charge is 0.349 e. The summed E-state index contributed by atoms with van der Waals surface area (Å²) in [6.07, 6.45) is 7.88. The topological polar surface area (TPSA) is 77.6 Å². The van der Waals surface area contributed by atoms with Crippen LogP contribution in [0.2, 0.25) is 0 Å². The molecule has 3 aromatic rings. The van der Waals surface area contributed by atoms with Gasteiger partial charge in [-0.15, -0.1) is 5.10 Å². The van der Waals surface area contributed by atoms with Crippen LogP contribution in [0.25, 0.3) is 5.82 Å². The third-order valence-corrected chi connectivity index (χ3v) is 3.42. The van der Waals surface area contributed by atoms with Gasteiger partial charge in [0.1, 0.15) is 5.82 Å². The lowest BCUT2D eigenvalue weighted by atomic mass is 10.1. The number of rotatable bonds is 5. The van der Waals surface area contributed by atoms with Crippen LogP contribution >= 0.6 is 0 Å². The third-order valence-electron chi connectivity index (χ3n) is 3.42. The molecule has 0 saturated heterocycles. The monoisotopic (exact) mass is 310 g/mol. The van der Waals surface area contributed by atoms with E-state index in [0.29, 0.717) is 12.0 Å². The van der Waals surface area contributed by atoms with E-state index >= 15 is 0 Å². The van der Waals surface area contributed by atoms with E-state index in [1.54, 1.807) is 16.9 Å². The summed E-state index contributed by atoms with van der Waals surface area (Å²) in [5.74, 6) is 0.632. The van der Waals surface area contributed by atoms with Crippen molar-refractivity contribution in [2.75, 3.05) is 0 Å². The van der Waals surface area contributed by atoms with E-state index in [2.05, 4.69) is 20.6 Å². The summed E-state index contributed by atoms with van der Waals surface area (Å²) in [5.41, 5.74) is 1.38. The maximum Gasteiger partial charge on any atom is 0.253 e. The number of hydrogen-bond acceptors (Lipinski definition) is 4. The molecule has 1 N–H and O–H groups in total. The van der Waals surface area contributed by atoms with E-state index < -0.39 is 0 Å². The van der Waals surface area contributed by atoms with Gasteiger partial charge in [0.2, 0.25) is 0 Å². The van der Waals surface area contributed by atoms with Crippen molar-refractivity contribution in [3.8, 4) is 5.82 Å². The third kappa shape index (κ3) is 3.63. The van der Waals surface area contributed by atoms with Crippen LogP contribution in [-0.4, -0.2) is 36.5 Å². The van der Waals surface area contributed by atoms with E-state index in [0.717, 1.165) is 11.5 Å². The predicted octanol–water partition coefficient (Wildman–Crippen LogP) is 1.36. The van der Waals surface area contributed by atoms with Crippen LogP contribution in [0.5, 0.6) is 0 Å². The molecular formula is C16H18N6O. The number of amides is 1. The van der Waals surface area contributed by atoms with Crippen LogP contribution in [0.15, 0.2) is 49.1 Å². The highest BCUT2D eigenvalue weighted by Gasteiger charge is 2.12. The van der Waals surface area contributed by atoms with Crippen LogP contribution in [0.4, 0.5) is 0 Å². The van der Waals surface area contributed by atoms with Gasteiger partial charge in [0.15, 0.2) is 0 Å². The molecule has 0 fully saturated rings. The first-order chi connectivity index (χ1) is 11.1. The molecule has 0 unspecified atom stereocenters. The Bertz CT molecular complexity index is 775. The van der Waals surface area contributed by atoms with Crippen molar-refractivity contribution in [3.05, 3.63) is 60.3 Å². The van der Waals surface area contributed by atoms with E-state index in [-0.39, 0.29) is 11.9 Å². The normalized spacial score (nSPS) is 12.1. The molecule has 0 aliphatic heterocycles. The summed E-state index contributed by atoms with van der Waals surface area (Å²) in [6.45, 7) is 1.94. The number of nitrogens with one attached hydrogen (secondary N) is 1. The lowest BCUT2D eigenvalue weighted by Gasteiger charge is -2.12. The molecule has 7 nitrogen and oxygen atoms in total. The summed E-state index contributed by atoms with van der Waals surface area (Å²) in [4.78, 5) is 16.6. The quantitative estimate of drug-likeness (QED) is 0.772.